The molecule has 0 saturated carbocycles. The maximum Gasteiger partial charge on any atom is 0.128 e. The molecular weight excluding hydrogens is 294 g/mol. The van der Waals surface area contributed by atoms with Gasteiger partial charge in [0.05, 0.1) is 11.4 Å². The first kappa shape index (κ1) is 14.9. The number of fused-ring (bicyclic) bond motifs is 2. The van der Waals surface area contributed by atoms with Crippen LogP contribution in [0.5, 0.6) is 0 Å². The van der Waals surface area contributed by atoms with Crippen molar-refractivity contribution in [3.63, 3.8) is 0 Å². The van der Waals surface area contributed by atoms with E-state index in [0.717, 1.165) is 0 Å². The molecular formula is C21H23N3. The largest absolute Gasteiger partial charge is 0.378 e. The van der Waals surface area contributed by atoms with Crippen LogP contribution in [0.2, 0.25) is 0 Å². The van der Waals surface area contributed by atoms with Gasteiger partial charge in [-0.3, -0.25) is 0 Å². The molecule has 0 N–H and O–H groups in total. The fourth-order valence-electron chi connectivity index (χ4n) is 3.70. The van der Waals surface area contributed by atoms with Crippen LogP contribution in [0, 0.1) is 0 Å². The summed E-state index contributed by atoms with van der Waals surface area (Å²) in [5, 5.41) is 2.58. The second-order valence-electron chi connectivity index (χ2n) is 6.77. The minimum Gasteiger partial charge on any atom is -0.378 e. The van der Waals surface area contributed by atoms with E-state index in [-0.39, 0.29) is 6.17 Å². The fraction of sp³-hybridized carbons (Fsp3) is 0.238. The van der Waals surface area contributed by atoms with Gasteiger partial charge in [-0.1, -0.05) is 36.4 Å². The quantitative estimate of drug-likeness (QED) is 0.689. The molecule has 1 aliphatic rings. The SMILES string of the molecule is CN(C)c1ccc(C2N(C)c3cc4ccccc4cc3N2C)cc1. The molecule has 0 spiro atoms. The van der Waals surface area contributed by atoms with Crippen LogP contribution < -0.4 is 14.7 Å². The van der Waals surface area contributed by atoms with E-state index < -0.39 is 0 Å². The van der Waals surface area contributed by atoms with E-state index in [1.165, 1.54) is 33.4 Å². The molecule has 4 rings (SSSR count). The zero-order valence-electron chi connectivity index (χ0n) is 14.7. The summed E-state index contributed by atoms with van der Waals surface area (Å²) in [6, 6.07) is 22.0. The molecule has 1 aliphatic heterocycles. The molecule has 0 atom stereocenters. The molecule has 0 fully saturated rings. The molecule has 3 nitrogen and oxygen atoms in total. The first-order chi connectivity index (χ1) is 11.6. The van der Waals surface area contributed by atoms with E-state index in [0.29, 0.717) is 0 Å². The molecule has 0 aromatic heterocycles. The predicted octanol–water partition coefficient (Wildman–Crippen LogP) is 4.49. The standard InChI is InChI=1S/C21H23N3/c1-22(2)18-11-9-15(10-12-18)21-23(3)19-13-16-7-5-6-8-17(16)14-20(19)24(21)4/h5-14,21H,1-4H3. The number of nitrogens with zero attached hydrogens (tertiary/aromatic N) is 3. The third kappa shape index (κ3) is 2.20. The Kier molecular flexibility index (Phi) is 3.38. The van der Waals surface area contributed by atoms with Gasteiger partial charge in [-0.15, -0.1) is 0 Å². The van der Waals surface area contributed by atoms with Gasteiger partial charge in [0.2, 0.25) is 0 Å². The van der Waals surface area contributed by atoms with Crippen molar-refractivity contribution < 1.29 is 0 Å². The van der Waals surface area contributed by atoms with Crippen molar-refractivity contribution in [2.75, 3.05) is 42.9 Å². The molecule has 0 bridgehead atoms. The molecule has 3 aromatic carbocycles. The highest BCUT2D eigenvalue weighted by atomic mass is 15.4. The number of anilines is 3. The van der Waals surface area contributed by atoms with Crippen LogP contribution in [0.25, 0.3) is 10.8 Å². The van der Waals surface area contributed by atoms with Crippen LogP contribution in [0.15, 0.2) is 60.7 Å². The Labute approximate surface area is 143 Å². The molecule has 1 heterocycles. The van der Waals surface area contributed by atoms with Gasteiger partial charge >= 0.3 is 0 Å². The lowest BCUT2D eigenvalue weighted by Gasteiger charge is -2.28. The van der Waals surface area contributed by atoms with Crippen LogP contribution in [0.4, 0.5) is 17.1 Å². The van der Waals surface area contributed by atoms with Gasteiger partial charge in [0.15, 0.2) is 0 Å². The average molecular weight is 317 g/mol. The third-order valence-electron chi connectivity index (χ3n) is 5.04. The normalized spacial score (nSPS) is 14.3. The lowest BCUT2D eigenvalue weighted by Crippen LogP contribution is -2.30. The van der Waals surface area contributed by atoms with Gasteiger partial charge in [-0.05, 0) is 40.6 Å². The molecule has 0 saturated heterocycles. The van der Waals surface area contributed by atoms with Gasteiger partial charge in [-0.25, -0.2) is 0 Å². The first-order valence-corrected chi connectivity index (χ1v) is 8.32. The molecule has 0 radical (unpaired) electrons. The number of rotatable bonds is 2. The fourth-order valence-corrected chi connectivity index (χ4v) is 3.70. The van der Waals surface area contributed by atoms with E-state index in [2.05, 4.69) is 104 Å². The Bertz CT molecular complexity index is 835. The second-order valence-corrected chi connectivity index (χ2v) is 6.77. The van der Waals surface area contributed by atoms with Crippen LogP contribution in [-0.2, 0) is 0 Å². The van der Waals surface area contributed by atoms with E-state index in [1.54, 1.807) is 0 Å². The molecule has 0 unspecified atom stereocenters. The topological polar surface area (TPSA) is 9.72 Å². The Morgan fingerprint density at radius 2 is 1.25 bits per heavy atom. The summed E-state index contributed by atoms with van der Waals surface area (Å²) in [5.74, 6) is 0. The van der Waals surface area contributed by atoms with Crippen LogP contribution in [0.3, 0.4) is 0 Å². The Balaban J connectivity index is 1.77. The molecule has 122 valence electrons. The summed E-state index contributed by atoms with van der Waals surface area (Å²) in [6.07, 6.45) is 0.230. The summed E-state index contributed by atoms with van der Waals surface area (Å²) >= 11 is 0. The number of hydrogen-bond donors (Lipinski definition) is 0. The summed E-state index contributed by atoms with van der Waals surface area (Å²) in [6.45, 7) is 0. The van der Waals surface area contributed by atoms with E-state index in [9.17, 15) is 0 Å². The average Bonchev–Trinajstić information content (AvgIpc) is 2.84. The maximum atomic E-state index is 2.37. The first-order valence-electron chi connectivity index (χ1n) is 8.32. The maximum absolute atomic E-state index is 2.37. The molecule has 24 heavy (non-hydrogen) atoms. The monoisotopic (exact) mass is 317 g/mol. The van der Waals surface area contributed by atoms with E-state index >= 15 is 0 Å². The molecule has 3 aromatic rings. The van der Waals surface area contributed by atoms with Crippen molar-refractivity contribution >= 4 is 27.8 Å². The minimum absolute atomic E-state index is 0.230. The second kappa shape index (κ2) is 5.45. The van der Waals surface area contributed by atoms with E-state index in [4.69, 9.17) is 0 Å². The predicted molar refractivity (Wildman–Crippen MR) is 104 cm³/mol. The molecule has 0 aliphatic carbocycles. The van der Waals surface area contributed by atoms with Crippen molar-refractivity contribution in [3.05, 3.63) is 66.2 Å². The smallest absolute Gasteiger partial charge is 0.128 e. The highest BCUT2D eigenvalue weighted by Crippen LogP contribution is 2.46. The Morgan fingerprint density at radius 1 is 0.750 bits per heavy atom. The highest BCUT2D eigenvalue weighted by molar-refractivity contribution is 5.94. The zero-order valence-corrected chi connectivity index (χ0v) is 14.7. The minimum atomic E-state index is 0.230. The zero-order chi connectivity index (χ0) is 16.8. The van der Waals surface area contributed by atoms with Gasteiger partial charge in [0, 0.05) is 33.9 Å². The number of benzene rings is 3. The molecule has 0 amide bonds. The van der Waals surface area contributed by atoms with Gasteiger partial charge in [0.25, 0.3) is 0 Å². The summed E-state index contributed by atoms with van der Waals surface area (Å²) in [5.41, 5.74) is 5.12. The Hall–Kier alpha value is -2.68. The Morgan fingerprint density at radius 3 is 1.71 bits per heavy atom. The third-order valence-corrected chi connectivity index (χ3v) is 5.04. The van der Waals surface area contributed by atoms with Crippen LogP contribution >= 0.6 is 0 Å². The van der Waals surface area contributed by atoms with Gasteiger partial charge in [0.1, 0.15) is 6.17 Å². The van der Waals surface area contributed by atoms with Crippen molar-refractivity contribution in [1.29, 1.82) is 0 Å². The van der Waals surface area contributed by atoms with E-state index in [1.807, 2.05) is 0 Å². The van der Waals surface area contributed by atoms with Crippen molar-refractivity contribution in [1.82, 2.24) is 0 Å². The van der Waals surface area contributed by atoms with Gasteiger partial charge in [-0.2, -0.15) is 0 Å². The van der Waals surface area contributed by atoms with Crippen molar-refractivity contribution in [2.45, 2.75) is 6.17 Å². The van der Waals surface area contributed by atoms with Crippen LogP contribution in [0.1, 0.15) is 11.7 Å². The van der Waals surface area contributed by atoms with Gasteiger partial charge < -0.3 is 14.7 Å². The lowest BCUT2D eigenvalue weighted by molar-refractivity contribution is 0.694. The lowest BCUT2D eigenvalue weighted by atomic mass is 10.1. The van der Waals surface area contributed by atoms with Crippen molar-refractivity contribution in [2.24, 2.45) is 0 Å². The summed E-state index contributed by atoms with van der Waals surface area (Å²) in [4.78, 5) is 6.87. The van der Waals surface area contributed by atoms with Crippen LogP contribution in [-0.4, -0.2) is 28.2 Å². The number of hydrogen-bond acceptors (Lipinski definition) is 3. The van der Waals surface area contributed by atoms with Crippen molar-refractivity contribution in [3.8, 4) is 0 Å². The highest BCUT2D eigenvalue weighted by Gasteiger charge is 2.32. The summed E-state index contributed by atoms with van der Waals surface area (Å²) in [7, 11) is 8.51. The summed E-state index contributed by atoms with van der Waals surface area (Å²) < 4.78 is 0. The molecule has 3 heteroatoms.